The quantitative estimate of drug-likeness (QED) is 0.620. The number of hydrogen-bond acceptors (Lipinski definition) is 4. The molecule has 1 aromatic rings. The molecule has 0 radical (unpaired) electrons. The molecule has 0 unspecified atom stereocenters. The lowest BCUT2D eigenvalue weighted by Gasteiger charge is -1.97. The van der Waals surface area contributed by atoms with E-state index in [1.165, 1.54) is 18.4 Å². The predicted octanol–water partition coefficient (Wildman–Crippen LogP) is 0.463. The van der Waals surface area contributed by atoms with E-state index in [1.807, 2.05) is 0 Å². The number of carbonyl (C=O) groups excluding carboxylic acids is 2. The molecule has 0 atom stereocenters. The van der Waals surface area contributed by atoms with Crippen molar-refractivity contribution >= 4 is 34.7 Å². The molecule has 13 heavy (non-hydrogen) atoms. The Morgan fingerprint density at radius 2 is 2.46 bits per heavy atom. The second kappa shape index (κ2) is 4.41. The zero-order valence-corrected chi connectivity index (χ0v) is 7.64. The molecule has 0 spiro atoms. The van der Waals surface area contributed by atoms with Gasteiger partial charge in [0.05, 0.1) is 0 Å². The van der Waals surface area contributed by atoms with Gasteiger partial charge in [0.1, 0.15) is 5.82 Å². The van der Waals surface area contributed by atoms with Crippen LogP contribution in [0.25, 0.3) is 0 Å². The van der Waals surface area contributed by atoms with Gasteiger partial charge >= 0.3 is 6.03 Å². The van der Waals surface area contributed by atoms with E-state index < -0.39 is 0 Å². The first-order chi connectivity index (χ1) is 6.26. The van der Waals surface area contributed by atoms with Gasteiger partial charge in [-0.25, -0.2) is 9.78 Å². The molecule has 1 aromatic heterocycles. The smallest absolute Gasteiger partial charge is 0.320 e. The van der Waals surface area contributed by atoms with Gasteiger partial charge < -0.3 is 10.6 Å². The van der Waals surface area contributed by atoms with Crippen molar-refractivity contribution in [2.24, 2.45) is 0 Å². The Hall–Kier alpha value is -1.63. The highest BCUT2D eigenvalue weighted by atomic mass is 32.1. The number of thiazole rings is 1. The number of rotatable bonds is 3. The van der Waals surface area contributed by atoms with Crippen molar-refractivity contribution < 1.29 is 9.59 Å². The molecule has 70 valence electrons. The molecule has 0 aliphatic carbocycles. The van der Waals surface area contributed by atoms with Crippen LogP contribution in [0.3, 0.4) is 0 Å². The minimum absolute atomic E-state index is 0.341. The standard InChI is InChI=1S/C6H8N4O2S/c1-7-5(12)10-6-9-4(2-13-6)8-3-11/h2-3H,1H3,(H,8,11)(H2,7,9,10,12). The van der Waals surface area contributed by atoms with Crippen LogP contribution in [-0.2, 0) is 4.79 Å². The van der Waals surface area contributed by atoms with E-state index in [0.29, 0.717) is 17.4 Å². The van der Waals surface area contributed by atoms with Crippen molar-refractivity contribution in [3.05, 3.63) is 5.38 Å². The maximum absolute atomic E-state index is 10.8. The average Bonchev–Trinajstić information content (AvgIpc) is 2.53. The normalized spacial score (nSPS) is 9.00. The first-order valence-corrected chi connectivity index (χ1v) is 4.28. The fourth-order valence-corrected chi connectivity index (χ4v) is 1.26. The maximum Gasteiger partial charge on any atom is 0.320 e. The van der Waals surface area contributed by atoms with Crippen molar-refractivity contribution in [2.75, 3.05) is 17.7 Å². The second-order valence-corrected chi connectivity index (χ2v) is 2.86. The molecular weight excluding hydrogens is 192 g/mol. The van der Waals surface area contributed by atoms with Gasteiger partial charge in [0, 0.05) is 12.4 Å². The van der Waals surface area contributed by atoms with E-state index in [-0.39, 0.29) is 6.03 Å². The van der Waals surface area contributed by atoms with Gasteiger partial charge in [0.15, 0.2) is 5.13 Å². The van der Waals surface area contributed by atoms with Crippen molar-refractivity contribution in [3.8, 4) is 0 Å². The highest BCUT2D eigenvalue weighted by Gasteiger charge is 2.03. The molecule has 0 saturated heterocycles. The van der Waals surface area contributed by atoms with Crippen molar-refractivity contribution in [1.82, 2.24) is 10.3 Å². The van der Waals surface area contributed by atoms with Gasteiger partial charge in [-0.05, 0) is 0 Å². The Bertz CT molecular complexity index is 311. The Labute approximate surface area is 78.4 Å². The SMILES string of the molecule is CNC(=O)Nc1nc(NC=O)cs1. The van der Waals surface area contributed by atoms with Crippen molar-refractivity contribution in [3.63, 3.8) is 0 Å². The molecule has 6 nitrogen and oxygen atoms in total. The largest absolute Gasteiger partial charge is 0.341 e. The summed E-state index contributed by atoms with van der Waals surface area (Å²) in [7, 11) is 1.51. The summed E-state index contributed by atoms with van der Waals surface area (Å²) in [6, 6.07) is -0.341. The Balaban J connectivity index is 2.58. The summed E-state index contributed by atoms with van der Waals surface area (Å²) in [5.41, 5.74) is 0. The summed E-state index contributed by atoms with van der Waals surface area (Å²) in [5, 5.41) is 9.28. The molecule has 3 amide bonds. The van der Waals surface area contributed by atoms with Crippen LogP contribution in [0.4, 0.5) is 15.7 Å². The van der Waals surface area contributed by atoms with Crippen molar-refractivity contribution in [1.29, 1.82) is 0 Å². The first-order valence-electron chi connectivity index (χ1n) is 3.40. The summed E-state index contributed by atoms with van der Waals surface area (Å²) >= 11 is 1.23. The molecular formula is C6H8N4O2S. The topological polar surface area (TPSA) is 83.1 Å². The van der Waals surface area contributed by atoms with Crippen molar-refractivity contribution in [2.45, 2.75) is 0 Å². The minimum atomic E-state index is -0.341. The van der Waals surface area contributed by atoms with Gasteiger partial charge in [0.2, 0.25) is 6.41 Å². The van der Waals surface area contributed by atoms with Gasteiger partial charge in [-0.1, -0.05) is 0 Å². The van der Waals surface area contributed by atoms with Gasteiger partial charge in [-0.15, -0.1) is 11.3 Å². The summed E-state index contributed by atoms with van der Waals surface area (Å²) < 4.78 is 0. The monoisotopic (exact) mass is 200 g/mol. The Morgan fingerprint density at radius 1 is 1.69 bits per heavy atom. The third-order valence-corrected chi connectivity index (χ3v) is 1.92. The summed E-state index contributed by atoms with van der Waals surface area (Å²) in [4.78, 5) is 24.7. The van der Waals surface area contributed by atoms with E-state index >= 15 is 0 Å². The van der Waals surface area contributed by atoms with Gasteiger partial charge in [-0.2, -0.15) is 0 Å². The molecule has 0 aliphatic rings. The fourth-order valence-electron chi connectivity index (χ4n) is 0.617. The number of nitrogens with zero attached hydrogens (tertiary/aromatic N) is 1. The van der Waals surface area contributed by atoms with Crippen LogP contribution in [0, 0.1) is 0 Å². The van der Waals surface area contributed by atoms with Crippen LogP contribution in [0.1, 0.15) is 0 Å². The van der Waals surface area contributed by atoms with Gasteiger partial charge in [0.25, 0.3) is 0 Å². The Kier molecular flexibility index (Phi) is 3.21. The molecule has 1 rings (SSSR count). The van der Waals surface area contributed by atoms with Crippen LogP contribution < -0.4 is 16.0 Å². The van der Waals surface area contributed by atoms with E-state index in [9.17, 15) is 9.59 Å². The number of anilines is 2. The van der Waals surface area contributed by atoms with Crippen LogP contribution in [0.15, 0.2) is 5.38 Å². The highest BCUT2D eigenvalue weighted by Crippen LogP contribution is 2.18. The van der Waals surface area contributed by atoms with Crippen LogP contribution >= 0.6 is 11.3 Å². The van der Waals surface area contributed by atoms with Crippen LogP contribution in [-0.4, -0.2) is 24.5 Å². The predicted molar refractivity (Wildman–Crippen MR) is 49.9 cm³/mol. The maximum atomic E-state index is 10.8. The fraction of sp³-hybridized carbons (Fsp3) is 0.167. The van der Waals surface area contributed by atoms with E-state index in [4.69, 9.17) is 0 Å². The molecule has 0 fully saturated rings. The first kappa shape index (κ1) is 9.46. The number of amides is 3. The molecule has 3 N–H and O–H groups in total. The number of carbonyl (C=O) groups is 2. The highest BCUT2D eigenvalue weighted by molar-refractivity contribution is 7.14. The number of aromatic nitrogens is 1. The van der Waals surface area contributed by atoms with Crippen LogP contribution in [0.5, 0.6) is 0 Å². The summed E-state index contributed by atoms with van der Waals surface area (Å²) in [5.74, 6) is 0.423. The summed E-state index contributed by atoms with van der Waals surface area (Å²) in [6.07, 6.45) is 0.527. The summed E-state index contributed by atoms with van der Waals surface area (Å²) in [6.45, 7) is 0. The second-order valence-electron chi connectivity index (χ2n) is 2.00. The average molecular weight is 200 g/mol. The molecule has 1 heterocycles. The number of urea groups is 1. The lowest BCUT2D eigenvalue weighted by Crippen LogP contribution is -2.24. The van der Waals surface area contributed by atoms with E-state index in [0.717, 1.165) is 0 Å². The van der Waals surface area contributed by atoms with Gasteiger partial charge in [-0.3, -0.25) is 10.1 Å². The molecule has 0 aliphatic heterocycles. The lowest BCUT2D eigenvalue weighted by atomic mass is 10.8. The zero-order chi connectivity index (χ0) is 9.68. The Morgan fingerprint density at radius 3 is 3.08 bits per heavy atom. The third kappa shape index (κ3) is 2.71. The third-order valence-electron chi connectivity index (χ3n) is 1.16. The van der Waals surface area contributed by atoms with E-state index in [1.54, 1.807) is 5.38 Å². The lowest BCUT2D eigenvalue weighted by molar-refractivity contribution is -0.105. The minimum Gasteiger partial charge on any atom is -0.341 e. The molecule has 7 heteroatoms. The number of nitrogens with one attached hydrogen (secondary N) is 3. The van der Waals surface area contributed by atoms with E-state index in [2.05, 4.69) is 20.9 Å². The molecule has 0 saturated carbocycles. The van der Waals surface area contributed by atoms with Crippen LogP contribution in [0.2, 0.25) is 0 Å². The molecule has 0 aromatic carbocycles. The molecule has 0 bridgehead atoms. The zero-order valence-electron chi connectivity index (χ0n) is 6.83. The number of hydrogen-bond donors (Lipinski definition) is 3.